The van der Waals surface area contributed by atoms with Gasteiger partial charge in [0.2, 0.25) is 5.91 Å². The van der Waals surface area contributed by atoms with E-state index in [9.17, 15) is 14.7 Å². The van der Waals surface area contributed by atoms with E-state index in [0.717, 1.165) is 10.0 Å². The van der Waals surface area contributed by atoms with Crippen molar-refractivity contribution in [2.24, 2.45) is 17.8 Å². The maximum atomic E-state index is 12.3. The first-order chi connectivity index (χ1) is 9.38. The van der Waals surface area contributed by atoms with Gasteiger partial charge in [-0.3, -0.25) is 9.59 Å². The number of anilines is 1. The topological polar surface area (TPSA) is 66.4 Å². The van der Waals surface area contributed by atoms with E-state index in [1.54, 1.807) is 0 Å². The summed E-state index contributed by atoms with van der Waals surface area (Å²) in [7, 11) is 0. The smallest absolute Gasteiger partial charge is 0.307 e. The molecule has 3 unspecified atom stereocenters. The summed E-state index contributed by atoms with van der Waals surface area (Å²) in [5.41, 5.74) is 1.73. The third-order valence-electron chi connectivity index (χ3n) is 3.88. The number of benzene rings is 1. The highest BCUT2D eigenvalue weighted by Gasteiger charge is 2.41. The summed E-state index contributed by atoms with van der Waals surface area (Å²) >= 11 is 3.41. The molecule has 0 radical (unpaired) electrons. The van der Waals surface area contributed by atoms with Gasteiger partial charge in [-0.15, -0.1) is 0 Å². The van der Waals surface area contributed by atoms with Gasteiger partial charge in [0, 0.05) is 10.2 Å². The fraction of sp³-hybridized carbons (Fsp3) is 0.467. The van der Waals surface area contributed by atoms with Crippen LogP contribution in [0.5, 0.6) is 0 Å². The predicted molar refractivity (Wildman–Crippen MR) is 80.5 cm³/mol. The van der Waals surface area contributed by atoms with Crippen LogP contribution in [-0.2, 0) is 9.59 Å². The van der Waals surface area contributed by atoms with Crippen LogP contribution in [0.25, 0.3) is 0 Å². The summed E-state index contributed by atoms with van der Waals surface area (Å²) in [6.07, 6.45) is 1.21. The van der Waals surface area contributed by atoms with Crippen LogP contribution >= 0.6 is 15.9 Å². The Kier molecular flexibility index (Phi) is 4.48. The molecule has 0 bridgehead atoms. The molecule has 1 saturated carbocycles. The fourth-order valence-electron chi connectivity index (χ4n) is 2.81. The Morgan fingerprint density at radius 3 is 2.55 bits per heavy atom. The van der Waals surface area contributed by atoms with E-state index in [0.29, 0.717) is 18.5 Å². The minimum Gasteiger partial charge on any atom is -0.481 e. The summed E-state index contributed by atoms with van der Waals surface area (Å²) in [5, 5.41) is 12.0. The molecule has 0 aromatic heterocycles. The van der Waals surface area contributed by atoms with Gasteiger partial charge in [-0.25, -0.2) is 0 Å². The van der Waals surface area contributed by atoms with Crippen LogP contribution in [0, 0.1) is 24.7 Å². The Bertz CT molecular complexity index is 544. The quantitative estimate of drug-likeness (QED) is 0.886. The van der Waals surface area contributed by atoms with Gasteiger partial charge in [-0.2, -0.15) is 0 Å². The van der Waals surface area contributed by atoms with Crippen LogP contribution in [0.1, 0.15) is 25.3 Å². The van der Waals surface area contributed by atoms with Gasteiger partial charge in [-0.05, 0) is 49.4 Å². The molecular formula is C15H18BrNO3. The Balaban J connectivity index is 2.11. The van der Waals surface area contributed by atoms with Crippen molar-refractivity contribution in [3.8, 4) is 0 Å². The first kappa shape index (κ1) is 15.0. The third kappa shape index (κ3) is 3.20. The van der Waals surface area contributed by atoms with Gasteiger partial charge in [0.15, 0.2) is 0 Å². The number of carbonyl (C=O) groups is 2. The van der Waals surface area contributed by atoms with Crippen LogP contribution in [0.3, 0.4) is 0 Å². The van der Waals surface area contributed by atoms with Gasteiger partial charge in [-0.1, -0.05) is 22.9 Å². The SMILES string of the molecule is Cc1cc(NC(=O)C2CC(C)CC2C(=O)O)ccc1Br. The van der Waals surface area contributed by atoms with Crippen molar-refractivity contribution in [3.63, 3.8) is 0 Å². The van der Waals surface area contributed by atoms with E-state index in [1.165, 1.54) is 0 Å². The Labute approximate surface area is 126 Å². The highest BCUT2D eigenvalue weighted by molar-refractivity contribution is 9.10. The normalized spacial score (nSPS) is 25.4. The lowest BCUT2D eigenvalue weighted by Crippen LogP contribution is -2.30. The summed E-state index contributed by atoms with van der Waals surface area (Å²) < 4.78 is 0.980. The minimum atomic E-state index is -0.874. The zero-order valence-electron chi connectivity index (χ0n) is 11.5. The highest BCUT2D eigenvalue weighted by Crippen LogP contribution is 2.37. The number of halogens is 1. The van der Waals surface area contributed by atoms with Crippen LogP contribution < -0.4 is 5.32 Å². The second-order valence-corrected chi connectivity index (χ2v) is 6.44. The number of carboxylic acid groups (broad SMARTS) is 1. The maximum Gasteiger partial charge on any atom is 0.307 e. The highest BCUT2D eigenvalue weighted by atomic mass is 79.9. The number of carboxylic acids is 1. The summed E-state index contributed by atoms with van der Waals surface area (Å²) in [6, 6.07) is 5.55. The number of aryl methyl sites for hydroxylation is 1. The molecule has 1 aliphatic carbocycles. The average Bonchev–Trinajstić information content (AvgIpc) is 2.76. The second-order valence-electron chi connectivity index (χ2n) is 5.58. The summed E-state index contributed by atoms with van der Waals surface area (Å²) in [6.45, 7) is 3.93. The zero-order chi connectivity index (χ0) is 14.9. The van der Waals surface area contributed by atoms with Crippen molar-refractivity contribution < 1.29 is 14.7 Å². The number of aliphatic carboxylic acids is 1. The van der Waals surface area contributed by atoms with Crippen LogP contribution in [0.15, 0.2) is 22.7 Å². The average molecular weight is 340 g/mol. The molecule has 108 valence electrons. The molecule has 20 heavy (non-hydrogen) atoms. The molecule has 2 rings (SSSR count). The first-order valence-electron chi connectivity index (χ1n) is 6.68. The van der Waals surface area contributed by atoms with E-state index in [-0.39, 0.29) is 11.8 Å². The minimum absolute atomic E-state index is 0.191. The Morgan fingerprint density at radius 1 is 1.30 bits per heavy atom. The van der Waals surface area contributed by atoms with Gasteiger partial charge in [0.05, 0.1) is 11.8 Å². The first-order valence-corrected chi connectivity index (χ1v) is 7.47. The lowest BCUT2D eigenvalue weighted by molar-refractivity contribution is -0.145. The van der Waals surface area contributed by atoms with Gasteiger partial charge in [0.25, 0.3) is 0 Å². The van der Waals surface area contributed by atoms with Crippen LogP contribution in [-0.4, -0.2) is 17.0 Å². The lowest BCUT2D eigenvalue weighted by atomic mass is 9.95. The number of amides is 1. The monoisotopic (exact) mass is 339 g/mol. The molecule has 5 heteroatoms. The maximum absolute atomic E-state index is 12.3. The molecular weight excluding hydrogens is 322 g/mol. The van der Waals surface area contributed by atoms with E-state index in [2.05, 4.69) is 21.2 Å². The molecule has 1 amide bonds. The number of carbonyl (C=O) groups excluding carboxylic acids is 1. The zero-order valence-corrected chi connectivity index (χ0v) is 13.1. The molecule has 0 spiro atoms. The van der Waals surface area contributed by atoms with Crippen LogP contribution in [0.2, 0.25) is 0 Å². The van der Waals surface area contributed by atoms with Crippen molar-refractivity contribution in [3.05, 3.63) is 28.2 Å². The van der Waals surface area contributed by atoms with Gasteiger partial charge in [0.1, 0.15) is 0 Å². The summed E-state index contributed by atoms with van der Waals surface area (Å²) in [5.74, 6) is -1.79. The van der Waals surface area contributed by atoms with Crippen molar-refractivity contribution in [2.75, 3.05) is 5.32 Å². The second kappa shape index (κ2) is 5.95. The van der Waals surface area contributed by atoms with Crippen molar-refractivity contribution in [2.45, 2.75) is 26.7 Å². The van der Waals surface area contributed by atoms with Crippen molar-refractivity contribution >= 4 is 33.5 Å². The number of nitrogens with one attached hydrogen (secondary N) is 1. The number of hydrogen-bond donors (Lipinski definition) is 2. The van der Waals surface area contributed by atoms with E-state index in [4.69, 9.17) is 0 Å². The fourth-order valence-corrected chi connectivity index (χ4v) is 3.06. The molecule has 1 aromatic carbocycles. The van der Waals surface area contributed by atoms with Crippen LogP contribution in [0.4, 0.5) is 5.69 Å². The molecule has 0 heterocycles. The van der Waals surface area contributed by atoms with E-state index >= 15 is 0 Å². The lowest BCUT2D eigenvalue weighted by Gasteiger charge is -2.16. The van der Waals surface area contributed by atoms with Crippen molar-refractivity contribution in [1.29, 1.82) is 0 Å². The Morgan fingerprint density at radius 2 is 1.95 bits per heavy atom. The Hall–Kier alpha value is -1.36. The molecule has 4 nitrogen and oxygen atoms in total. The standard InChI is InChI=1S/C15H18BrNO3/c1-8-5-11(12(6-8)15(19)20)14(18)17-10-3-4-13(16)9(2)7-10/h3-4,7-8,11-12H,5-6H2,1-2H3,(H,17,18)(H,19,20). The molecule has 0 saturated heterocycles. The summed E-state index contributed by atoms with van der Waals surface area (Å²) in [4.78, 5) is 23.5. The molecule has 3 atom stereocenters. The largest absolute Gasteiger partial charge is 0.481 e. The number of rotatable bonds is 3. The molecule has 1 aromatic rings. The predicted octanol–water partition coefficient (Wildman–Crippen LogP) is 3.44. The van der Waals surface area contributed by atoms with E-state index < -0.39 is 17.8 Å². The molecule has 1 aliphatic rings. The third-order valence-corrected chi connectivity index (χ3v) is 4.77. The van der Waals surface area contributed by atoms with E-state index in [1.807, 2.05) is 32.0 Å². The van der Waals surface area contributed by atoms with Gasteiger partial charge >= 0.3 is 5.97 Å². The molecule has 1 fully saturated rings. The molecule has 2 N–H and O–H groups in total. The molecule has 0 aliphatic heterocycles. The van der Waals surface area contributed by atoms with Gasteiger partial charge < -0.3 is 10.4 Å². The number of hydrogen-bond acceptors (Lipinski definition) is 2. The van der Waals surface area contributed by atoms with Crippen molar-refractivity contribution in [1.82, 2.24) is 0 Å².